The molecular weight excluding hydrogens is 260 g/mol. The van der Waals surface area contributed by atoms with E-state index >= 15 is 0 Å². The minimum atomic E-state index is -3.82. The molecule has 0 amide bonds. The van der Waals surface area contributed by atoms with Crippen molar-refractivity contribution in [3.63, 3.8) is 0 Å². The summed E-state index contributed by atoms with van der Waals surface area (Å²) in [5.74, 6) is -1.98. The van der Waals surface area contributed by atoms with Gasteiger partial charge in [-0.2, -0.15) is 9.57 Å². The number of nitriles is 1. The van der Waals surface area contributed by atoms with Crippen LogP contribution in [0.5, 0.6) is 0 Å². The zero-order valence-corrected chi connectivity index (χ0v) is 11.1. The summed E-state index contributed by atoms with van der Waals surface area (Å²) in [4.78, 5) is 11.0. The zero-order valence-electron chi connectivity index (χ0n) is 10.2. The van der Waals surface area contributed by atoms with Crippen molar-refractivity contribution < 1.29 is 23.1 Å². The number of carbonyl (C=O) groups is 1. The Bertz CT molecular complexity index is 455. The highest BCUT2D eigenvalue weighted by molar-refractivity contribution is 7.90. The molecule has 0 aromatic rings. The maximum atomic E-state index is 12.1. The number of hydrogen-bond acceptors (Lipinski definition) is 5. The first kappa shape index (κ1) is 14.9. The molecule has 0 aromatic carbocycles. The van der Waals surface area contributed by atoms with Gasteiger partial charge in [-0.25, -0.2) is 8.42 Å². The van der Waals surface area contributed by atoms with Gasteiger partial charge in [0.2, 0.25) is 10.0 Å². The maximum Gasteiger partial charge on any atom is 0.310 e. The lowest BCUT2D eigenvalue weighted by molar-refractivity contribution is -0.142. The van der Waals surface area contributed by atoms with Gasteiger partial charge in [0, 0.05) is 7.05 Å². The molecule has 0 aliphatic carbocycles. The summed E-state index contributed by atoms with van der Waals surface area (Å²) in [6, 6.07) is 0.968. The molecule has 1 aliphatic rings. The lowest BCUT2D eigenvalue weighted by Gasteiger charge is -2.27. The fourth-order valence-corrected chi connectivity index (χ4v) is 3.44. The van der Waals surface area contributed by atoms with Gasteiger partial charge >= 0.3 is 5.97 Å². The number of hydrogen-bond donors (Lipinski definition) is 1. The third kappa shape index (κ3) is 2.63. The number of carboxylic acids is 1. The zero-order chi connectivity index (χ0) is 13.9. The number of ether oxygens (including phenoxy) is 1. The largest absolute Gasteiger partial charge is 0.481 e. The number of aliphatic carboxylic acids is 1. The molecule has 18 heavy (non-hydrogen) atoms. The van der Waals surface area contributed by atoms with Crippen molar-refractivity contribution in [2.24, 2.45) is 5.92 Å². The van der Waals surface area contributed by atoms with Crippen molar-refractivity contribution in [1.29, 1.82) is 5.26 Å². The van der Waals surface area contributed by atoms with Gasteiger partial charge in [-0.15, -0.1) is 0 Å². The topological polar surface area (TPSA) is 108 Å². The monoisotopic (exact) mass is 276 g/mol. The smallest absolute Gasteiger partial charge is 0.310 e. The normalized spacial score (nSPS) is 25.9. The Hall–Kier alpha value is -1.17. The summed E-state index contributed by atoms with van der Waals surface area (Å²) < 4.78 is 30.2. The molecule has 1 rings (SSSR count). The molecule has 1 heterocycles. The molecular formula is C10H16N2O5S. The van der Waals surface area contributed by atoms with Crippen LogP contribution in [-0.4, -0.2) is 55.4 Å². The average molecular weight is 276 g/mol. The highest BCUT2D eigenvalue weighted by Crippen LogP contribution is 2.23. The molecule has 1 N–H and O–H groups in total. The fraction of sp³-hybridized carbons (Fsp3) is 0.800. The number of rotatable bonds is 5. The first-order valence-corrected chi connectivity index (χ1v) is 7.03. The van der Waals surface area contributed by atoms with Gasteiger partial charge in [0.05, 0.1) is 31.2 Å². The van der Waals surface area contributed by atoms with E-state index in [1.807, 2.05) is 0 Å². The van der Waals surface area contributed by atoms with Crippen LogP contribution in [0, 0.1) is 17.2 Å². The van der Waals surface area contributed by atoms with Crippen LogP contribution in [0.4, 0.5) is 0 Å². The van der Waals surface area contributed by atoms with Gasteiger partial charge < -0.3 is 9.84 Å². The highest BCUT2D eigenvalue weighted by atomic mass is 32.2. The van der Waals surface area contributed by atoms with E-state index in [0.717, 1.165) is 4.31 Å². The van der Waals surface area contributed by atoms with Crippen LogP contribution >= 0.6 is 0 Å². The average Bonchev–Trinajstić information content (AvgIpc) is 2.77. The Morgan fingerprint density at radius 3 is 2.67 bits per heavy atom. The van der Waals surface area contributed by atoms with E-state index in [0.29, 0.717) is 0 Å². The Labute approximate surface area is 106 Å². The first-order chi connectivity index (χ1) is 8.36. The quantitative estimate of drug-likeness (QED) is 0.735. The molecule has 102 valence electrons. The third-order valence-electron chi connectivity index (χ3n) is 3.11. The SMILES string of the molecule is CCC(C#N)S(=O)(=O)N(C)C1COCC1C(=O)O. The van der Waals surface area contributed by atoms with Crippen molar-refractivity contribution >= 4 is 16.0 Å². The van der Waals surface area contributed by atoms with Gasteiger partial charge in [0.1, 0.15) is 0 Å². The minimum Gasteiger partial charge on any atom is -0.481 e. The number of sulfonamides is 1. The van der Waals surface area contributed by atoms with E-state index in [-0.39, 0.29) is 19.6 Å². The number of likely N-dealkylation sites (N-methyl/N-ethyl adjacent to an activating group) is 1. The van der Waals surface area contributed by atoms with Crippen LogP contribution in [0.1, 0.15) is 13.3 Å². The van der Waals surface area contributed by atoms with E-state index in [1.54, 1.807) is 13.0 Å². The summed E-state index contributed by atoms with van der Waals surface area (Å²) in [7, 11) is -2.53. The Morgan fingerprint density at radius 2 is 2.22 bits per heavy atom. The van der Waals surface area contributed by atoms with E-state index < -0.39 is 33.2 Å². The predicted octanol–water partition coefficient (Wildman–Crippen LogP) is -0.350. The fourth-order valence-electron chi connectivity index (χ4n) is 1.90. The highest BCUT2D eigenvalue weighted by Gasteiger charge is 2.43. The van der Waals surface area contributed by atoms with Crippen LogP contribution in [0.25, 0.3) is 0 Å². The van der Waals surface area contributed by atoms with Crippen molar-refractivity contribution in [1.82, 2.24) is 4.31 Å². The van der Waals surface area contributed by atoms with Gasteiger partial charge in [-0.05, 0) is 6.42 Å². The lowest BCUT2D eigenvalue weighted by atomic mass is 10.1. The molecule has 3 unspecified atom stereocenters. The summed E-state index contributed by atoms with van der Waals surface area (Å²) in [6.45, 7) is 1.62. The van der Waals surface area contributed by atoms with Crippen LogP contribution in [0.2, 0.25) is 0 Å². The van der Waals surface area contributed by atoms with Gasteiger partial charge in [0.15, 0.2) is 5.25 Å². The molecule has 0 spiro atoms. The molecule has 8 heteroatoms. The van der Waals surface area contributed by atoms with Gasteiger partial charge in [-0.3, -0.25) is 4.79 Å². The third-order valence-corrected chi connectivity index (χ3v) is 5.34. The molecule has 7 nitrogen and oxygen atoms in total. The lowest BCUT2D eigenvalue weighted by Crippen LogP contribution is -2.47. The van der Waals surface area contributed by atoms with E-state index in [4.69, 9.17) is 15.1 Å². The maximum absolute atomic E-state index is 12.1. The summed E-state index contributed by atoms with van der Waals surface area (Å²) in [5, 5.41) is 16.7. The molecule has 0 bridgehead atoms. The molecule has 1 fully saturated rings. The second kappa shape index (κ2) is 5.65. The van der Waals surface area contributed by atoms with Gasteiger partial charge in [0.25, 0.3) is 0 Å². The van der Waals surface area contributed by atoms with E-state index in [1.165, 1.54) is 7.05 Å². The standard InChI is InChI=1S/C10H16N2O5S/c1-3-7(4-11)18(15,16)12(2)9-6-17-5-8(9)10(13)14/h7-9H,3,5-6H2,1-2H3,(H,13,14). The van der Waals surface area contributed by atoms with Crippen LogP contribution in [0.3, 0.4) is 0 Å². The number of carboxylic acid groups (broad SMARTS) is 1. The van der Waals surface area contributed by atoms with Crippen LogP contribution < -0.4 is 0 Å². The van der Waals surface area contributed by atoms with Crippen LogP contribution in [0.15, 0.2) is 0 Å². The van der Waals surface area contributed by atoms with Crippen LogP contribution in [-0.2, 0) is 19.6 Å². The second-order valence-electron chi connectivity index (χ2n) is 4.14. The van der Waals surface area contributed by atoms with Crippen molar-refractivity contribution in [2.45, 2.75) is 24.6 Å². The van der Waals surface area contributed by atoms with Gasteiger partial charge in [-0.1, -0.05) is 6.92 Å². The molecule has 0 radical (unpaired) electrons. The summed E-state index contributed by atoms with van der Waals surface area (Å²) >= 11 is 0. The summed E-state index contributed by atoms with van der Waals surface area (Å²) in [5.41, 5.74) is 0. The van der Waals surface area contributed by atoms with E-state index in [2.05, 4.69) is 0 Å². The Balaban J connectivity index is 2.97. The molecule has 0 aromatic heterocycles. The predicted molar refractivity (Wildman–Crippen MR) is 62.1 cm³/mol. The second-order valence-corrected chi connectivity index (χ2v) is 6.31. The van der Waals surface area contributed by atoms with Crippen molar-refractivity contribution in [2.75, 3.05) is 20.3 Å². The molecule has 1 aliphatic heterocycles. The Morgan fingerprint density at radius 1 is 1.61 bits per heavy atom. The molecule has 3 atom stereocenters. The first-order valence-electron chi connectivity index (χ1n) is 5.53. The van der Waals surface area contributed by atoms with Crippen molar-refractivity contribution in [3.8, 4) is 6.07 Å². The summed E-state index contributed by atoms with van der Waals surface area (Å²) in [6.07, 6.45) is 0.161. The minimum absolute atomic E-state index is 0.0107. The molecule has 1 saturated heterocycles. The Kier molecular flexibility index (Phi) is 4.67. The van der Waals surface area contributed by atoms with Crippen molar-refractivity contribution in [3.05, 3.63) is 0 Å². The van der Waals surface area contributed by atoms with E-state index in [9.17, 15) is 13.2 Å². The number of nitrogens with zero attached hydrogens (tertiary/aromatic N) is 2. The molecule has 0 saturated carbocycles.